The molecule has 1 aliphatic heterocycles. The maximum absolute atomic E-state index is 12.6. The fourth-order valence-corrected chi connectivity index (χ4v) is 3.76. The highest BCUT2D eigenvalue weighted by Gasteiger charge is 2.44. The van der Waals surface area contributed by atoms with Gasteiger partial charge in [0.2, 0.25) is 0 Å². The molecule has 0 saturated carbocycles. The number of rotatable bonds is 8. The van der Waals surface area contributed by atoms with Crippen LogP contribution in [0.15, 0.2) is 41.8 Å². The van der Waals surface area contributed by atoms with Gasteiger partial charge in [-0.25, -0.2) is 9.69 Å². The van der Waals surface area contributed by atoms with Crippen molar-refractivity contribution in [1.29, 1.82) is 0 Å². The summed E-state index contributed by atoms with van der Waals surface area (Å²) in [7, 11) is 3.32. The number of urea groups is 1. The number of nitrogens with zero attached hydrogens (tertiary/aromatic N) is 3. The van der Waals surface area contributed by atoms with Crippen LogP contribution in [0.25, 0.3) is 0 Å². The van der Waals surface area contributed by atoms with Gasteiger partial charge in [-0.1, -0.05) is 18.2 Å². The quantitative estimate of drug-likeness (QED) is 0.523. The minimum absolute atomic E-state index is 0.0100. The Bertz CT molecular complexity index is 911. The normalized spacial score (nSPS) is 14.2. The summed E-state index contributed by atoms with van der Waals surface area (Å²) in [6, 6.07) is 10.3. The molecule has 29 heavy (non-hydrogen) atoms. The Balaban J connectivity index is 1.58. The Morgan fingerprint density at radius 1 is 1.07 bits per heavy atom. The highest BCUT2D eigenvalue weighted by molar-refractivity contribution is 7.09. The smallest absolute Gasteiger partial charge is 0.335 e. The summed E-state index contributed by atoms with van der Waals surface area (Å²) in [5.74, 6) is -1.75. The maximum atomic E-state index is 12.6. The van der Waals surface area contributed by atoms with Gasteiger partial charge in [-0.3, -0.25) is 24.2 Å². The topological polar surface area (TPSA) is 90.0 Å². The molecule has 2 heterocycles. The average molecular weight is 414 g/mol. The highest BCUT2D eigenvalue weighted by Crippen LogP contribution is 2.16. The summed E-state index contributed by atoms with van der Waals surface area (Å²) in [6.45, 7) is 0.648. The monoisotopic (exact) mass is 414 g/mol. The third kappa shape index (κ3) is 4.69. The van der Waals surface area contributed by atoms with Crippen molar-refractivity contribution in [3.05, 3.63) is 57.8 Å². The second-order valence-corrected chi connectivity index (χ2v) is 7.77. The molecule has 9 heteroatoms. The molecule has 0 bridgehead atoms. The van der Waals surface area contributed by atoms with Crippen LogP contribution in [0.1, 0.15) is 20.8 Å². The van der Waals surface area contributed by atoms with Crippen molar-refractivity contribution < 1.29 is 19.2 Å². The molecule has 1 aliphatic rings. The summed E-state index contributed by atoms with van der Waals surface area (Å²) in [5.41, 5.74) is 1.47. The van der Waals surface area contributed by atoms with Gasteiger partial charge in [0.25, 0.3) is 5.91 Å². The van der Waals surface area contributed by atoms with Crippen molar-refractivity contribution >= 4 is 35.1 Å². The van der Waals surface area contributed by atoms with E-state index in [1.165, 1.54) is 0 Å². The number of carbonyl (C=O) groups is 4. The summed E-state index contributed by atoms with van der Waals surface area (Å²) in [4.78, 5) is 53.4. The number of nitrogens with one attached hydrogen (secondary N) is 1. The van der Waals surface area contributed by atoms with Gasteiger partial charge in [0, 0.05) is 37.0 Å². The van der Waals surface area contributed by atoms with E-state index in [0.29, 0.717) is 18.5 Å². The number of benzene rings is 1. The molecule has 0 aliphatic carbocycles. The van der Waals surface area contributed by atoms with E-state index in [1.807, 2.05) is 29.6 Å². The predicted molar refractivity (Wildman–Crippen MR) is 108 cm³/mol. The second kappa shape index (κ2) is 8.97. The largest absolute Gasteiger partial charge is 0.355 e. The molecule has 8 nitrogen and oxygen atoms in total. The first kappa shape index (κ1) is 20.7. The van der Waals surface area contributed by atoms with E-state index in [4.69, 9.17) is 0 Å². The highest BCUT2D eigenvalue weighted by atomic mass is 32.1. The first-order valence-electron chi connectivity index (χ1n) is 9.10. The van der Waals surface area contributed by atoms with Crippen molar-refractivity contribution in [1.82, 2.24) is 20.0 Å². The zero-order valence-corrected chi connectivity index (χ0v) is 17.1. The summed E-state index contributed by atoms with van der Waals surface area (Å²) >= 11 is 1.55. The third-order valence-electron chi connectivity index (χ3n) is 4.58. The first-order chi connectivity index (χ1) is 13.9. The lowest BCUT2D eigenvalue weighted by atomic mass is 10.1. The fourth-order valence-electron chi connectivity index (χ4n) is 3.06. The van der Waals surface area contributed by atoms with E-state index in [1.54, 1.807) is 42.5 Å². The summed E-state index contributed by atoms with van der Waals surface area (Å²) < 4.78 is 0. The first-order valence-corrected chi connectivity index (χ1v) is 9.98. The van der Waals surface area contributed by atoms with Crippen LogP contribution in [-0.4, -0.2) is 65.8 Å². The van der Waals surface area contributed by atoms with E-state index >= 15 is 0 Å². The number of imide groups is 2. The molecule has 1 saturated heterocycles. The molecule has 1 aromatic heterocycles. The maximum Gasteiger partial charge on any atom is 0.335 e. The number of carbonyl (C=O) groups excluding carboxylic acids is 4. The van der Waals surface area contributed by atoms with Crippen molar-refractivity contribution in [3.8, 4) is 0 Å². The van der Waals surface area contributed by atoms with Crippen LogP contribution < -0.4 is 5.32 Å². The van der Waals surface area contributed by atoms with Crippen LogP contribution in [0, 0.1) is 0 Å². The summed E-state index contributed by atoms with van der Waals surface area (Å²) in [6.07, 6.45) is 0.532. The molecule has 0 unspecified atom stereocenters. The molecule has 5 amide bonds. The van der Waals surface area contributed by atoms with Gasteiger partial charge in [0.05, 0.1) is 6.67 Å². The Kier molecular flexibility index (Phi) is 6.40. The standard InChI is InChI=1S/C20H22N4O4S/c1-21-17(25)15-7-5-14(6-8-15)12-22(2)13-24-19(27)18(26)23(20(24)28)10-9-16-4-3-11-29-16/h3-8,11H,9-10,12-13H2,1-2H3,(H,21,25). The molecule has 0 radical (unpaired) electrons. The van der Waals surface area contributed by atoms with Crippen molar-refractivity contribution in [2.24, 2.45) is 0 Å². The molecule has 152 valence electrons. The van der Waals surface area contributed by atoms with Crippen LogP contribution in [-0.2, 0) is 22.6 Å². The predicted octanol–water partition coefficient (Wildman–Crippen LogP) is 1.53. The molecule has 0 spiro atoms. The van der Waals surface area contributed by atoms with Crippen LogP contribution in [0.5, 0.6) is 0 Å². The lowest BCUT2D eigenvalue weighted by molar-refractivity contribution is -0.143. The van der Waals surface area contributed by atoms with Gasteiger partial charge in [0.1, 0.15) is 0 Å². The van der Waals surface area contributed by atoms with Gasteiger partial charge >= 0.3 is 17.8 Å². The molecular formula is C20H22N4O4S. The van der Waals surface area contributed by atoms with Gasteiger partial charge in [-0.2, -0.15) is 0 Å². The van der Waals surface area contributed by atoms with Gasteiger partial charge in [-0.05, 0) is 36.2 Å². The van der Waals surface area contributed by atoms with Crippen LogP contribution in [0.4, 0.5) is 4.79 Å². The number of hydrogen-bond donors (Lipinski definition) is 1. The molecule has 2 aromatic rings. The van der Waals surface area contributed by atoms with E-state index in [0.717, 1.165) is 20.2 Å². The minimum Gasteiger partial charge on any atom is -0.355 e. The Hall–Kier alpha value is -3.04. The molecule has 1 N–H and O–H groups in total. The van der Waals surface area contributed by atoms with E-state index in [-0.39, 0.29) is 19.1 Å². The number of hydrogen-bond acceptors (Lipinski definition) is 6. The lowest BCUT2D eigenvalue weighted by Gasteiger charge is -2.22. The second-order valence-electron chi connectivity index (χ2n) is 6.73. The van der Waals surface area contributed by atoms with Gasteiger partial charge in [0.15, 0.2) is 0 Å². The van der Waals surface area contributed by atoms with Crippen molar-refractivity contribution in [3.63, 3.8) is 0 Å². The lowest BCUT2D eigenvalue weighted by Crippen LogP contribution is -2.40. The van der Waals surface area contributed by atoms with Crippen LogP contribution >= 0.6 is 11.3 Å². The van der Waals surface area contributed by atoms with E-state index < -0.39 is 17.8 Å². The third-order valence-corrected chi connectivity index (χ3v) is 5.51. The van der Waals surface area contributed by atoms with Crippen LogP contribution in [0.3, 0.4) is 0 Å². The van der Waals surface area contributed by atoms with Gasteiger partial charge in [-0.15, -0.1) is 11.3 Å². The Labute approximate surface area is 172 Å². The van der Waals surface area contributed by atoms with E-state index in [2.05, 4.69) is 5.32 Å². The average Bonchev–Trinajstić information content (AvgIpc) is 3.30. The van der Waals surface area contributed by atoms with Crippen molar-refractivity contribution in [2.75, 3.05) is 27.3 Å². The molecule has 0 atom stereocenters. The molecule has 1 fully saturated rings. The molecular weight excluding hydrogens is 392 g/mol. The SMILES string of the molecule is CNC(=O)c1ccc(CN(C)CN2C(=O)C(=O)N(CCc3cccs3)C2=O)cc1. The summed E-state index contributed by atoms with van der Waals surface area (Å²) in [5, 5.41) is 4.49. The Morgan fingerprint density at radius 2 is 1.76 bits per heavy atom. The van der Waals surface area contributed by atoms with Crippen molar-refractivity contribution in [2.45, 2.75) is 13.0 Å². The zero-order valence-electron chi connectivity index (χ0n) is 16.3. The molecule has 1 aromatic carbocycles. The zero-order chi connectivity index (χ0) is 21.0. The van der Waals surface area contributed by atoms with Crippen LogP contribution in [0.2, 0.25) is 0 Å². The Morgan fingerprint density at radius 3 is 2.38 bits per heavy atom. The van der Waals surface area contributed by atoms with Gasteiger partial charge < -0.3 is 5.32 Å². The van der Waals surface area contributed by atoms with E-state index in [9.17, 15) is 19.2 Å². The number of thiophene rings is 1. The fraction of sp³-hybridized carbons (Fsp3) is 0.300. The molecule has 3 rings (SSSR count). The minimum atomic E-state index is -0.803. The number of amides is 5.